The largest absolute Gasteiger partial charge is 0.466 e. The van der Waals surface area contributed by atoms with E-state index in [2.05, 4.69) is 36.1 Å². The number of likely N-dealkylation sites (tertiary alicyclic amines) is 2. The lowest BCUT2D eigenvalue weighted by molar-refractivity contribution is -0.152. The van der Waals surface area contributed by atoms with Gasteiger partial charge in [-0.3, -0.25) is 9.59 Å². The Bertz CT molecular complexity index is 663. The molecule has 0 aromatic heterocycles. The molecule has 1 amide bonds. The zero-order chi connectivity index (χ0) is 20.6. The summed E-state index contributed by atoms with van der Waals surface area (Å²) in [7, 11) is 0. The molecule has 0 bridgehead atoms. The molecule has 0 spiro atoms. The highest BCUT2D eigenvalue weighted by atomic mass is 16.5. The Labute approximate surface area is 175 Å². The van der Waals surface area contributed by atoms with Crippen LogP contribution in [0.4, 0.5) is 0 Å². The molecule has 29 heavy (non-hydrogen) atoms. The Morgan fingerprint density at radius 1 is 1.07 bits per heavy atom. The fourth-order valence-electron chi connectivity index (χ4n) is 4.79. The van der Waals surface area contributed by atoms with Crippen LogP contribution in [-0.2, 0) is 14.3 Å². The molecule has 2 saturated heterocycles. The average Bonchev–Trinajstić information content (AvgIpc) is 2.78. The van der Waals surface area contributed by atoms with E-state index in [0.717, 1.165) is 51.9 Å². The van der Waals surface area contributed by atoms with Crippen molar-refractivity contribution in [3.05, 3.63) is 35.9 Å². The van der Waals surface area contributed by atoms with Crippen LogP contribution in [0.2, 0.25) is 0 Å². The highest BCUT2D eigenvalue weighted by Crippen LogP contribution is 2.32. The Kier molecular flexibility index (Phi) is 8.10. The van der Waals surface area contributed by atoms with E-state index in [1.807, 2.05) is 17.9 Å². The third-order valence-corrected chi connectivity index (χ3v) is 6.33. The van der Waals surface area contributed by atoms with Gasteiger partial charge in [0, 0.05) is 26.2 Å². The molecule has 3 atom stereocenters. The first kappa shape index (κ1) is 21.8. The maximum atomic E-state index is 13.4. The minimum atomic E-state index is -0.169. The van der Waals surface area contributed by atoms with Crippen LogP contribution in [0, 0.1) is 11.8 Å². The van der Waals surface area contributed by atoms with Crippen molar-refractivity contribution < 1.29 is 14.3 Å². The van der Waals surface area contributed by atoms with Crippen LogP contribution in [0.5, 0.6) is 0 Å². The molecular formula is C24H36N2O3. The van der Waals surface area contributed by atoms with Gasteiger partial charge in [0.15, 0.2) is 0 Å². The second-order valence-corrected chi connectivity index (χ2v) is 8.53. The molecule has 3 rings (SSSR count). The van der Waals surface area contributed by atoms with Crippen LogP contribution in [0.25, 0.3) is 0 Å². The summed E-state index contributed by atoms with van der Waals surface area (Å²) in [6.07, 6.45) is 4.92. The van der Waals surface area contributed by atoms with E-state index < -0.39 is 0 Å². The standard InChI is InChI=1S/C24H36N2O3/c1-3-5-13-25-16-21(19-10-7-6-8-11-19)15-22(17-25)23(27)26-14-9-12-20(18-26)24(28)29-4-2/h6-8,10-11,20-22H,3-5,9,12-18H2,1-2H3. The maximum absolute atomic E-state index is 13.4. The van der Waals surface area contributed by atoms with E-state index >= 15 is 0 Å². The first-order valence-corrected chi connectivity index (χ1v) is 11.3. The number of amides is 1. The molecule has 2 heterocycles. The average molecular weight is 401 g/mol. The fourth-order valence-corrected chi connectivity index (χ4v) is 4.79. The van der Waals surface area contributed by atoms with Gasteiger partial charge in [0.1, 0.15) is 0 Å². The lowest BCUT2D eigenvalue weighted by atomic mass is 9.83. The molecule has 1 aromatic carbocycles. The number of carbonyl (C=O) groups excluding carboxylic acids is 2. The molecular weight excluding hydrogens is 364 g/mol. The van der Waals surface area contributed by atoms with Crippen LogP contribution in [0.3, 0.4) is 0 Å². The molecule has 3 unspecified atom stereocenters. The Morgan fingerprint density at radius 2 is 1.86 bits per heavy atom. The van der Waals surface area contributed by atoms with Crippen molar-refractivity contribution in [3.63, 3.8) is 0 Å². The summed E-state index contributed by atoms with van der Waals surface area (Å²) in [6, 6.07) is 10.6. The Hall–Kier alpha value is -1.88. The monoisotopic (exact) mass is 400 g/mol. The highest BCUT2D eigenvalue weighted by molar-refractivity contribution is 5.81. The molecule has 5 heteroatoms. The van der Waals surface area contributed by atoms with Gasteiger partial charge in [-0.15, -0.1) is 0 Å². The predicted molar refractivity (Wildman–Crippen MR) is 115 cm³/mol. The second kappa shape index (κ2) is 10.8. The van der Waals surface area contributed by atoms with Gasteiger partial charge in [-0.1, -0.05) is 43.7 Å². The first-order valence-electron chi connectivity index (χ1n) is 11.3. The van der Waals surface area contributed by atoms with Gasteiger partial charge in [-0.05, 0) is 50.6 Å². The summed E-state index contributed by atoms with van der Waals surface area (Å²) in [4.78, 5) is 30.0. The van der Waals surface area contributed by atoms with Crippen molar-refractivity contribution in [1.29, 1.82) is 0 Å². The van der Waals surface area contributed by atoms with E-state index in [1.54, 1.807) is 0 Å². The molecule has 5 nitrogen and oxygen atoms in total. The summed E-state index contributed by atoms with van der Waals surface area (Å²) in [5.41, 5.74) is 1.33. The predicted octanol–water partition coefficient (Wildman–Crippen LogP) is 3.69. The van der Waals surface area contributed by atoms with Crippen LogP contribution in [0.1, 0.15) is 57.4 Å². The first-order chi connectivity index (χ1) is 14.1. The lowest BCUT2D eigenvalue weighted by Gasteiger charge is -2.40. The smallest absolute Gasteiger partial charge is 0.310 e. The normalized spacial score (nSPS) is 25.6. The number of rotatable bonds is 7. The zero-order valence-electron chi connectivity index (χ0n) is 18.0. The van der Waals surface area contributed by atoms with Gasteiger partial charge < -0.3 is 14.5 Å². The summed E-state index contributed by atoms with van der Waals surface area (Å²) in [6.45, 7) is 8.63. The van der Waals surface area contributed by atoms with Crippen molar-refractivity contribution in [2.24, 2.45) is 11.8 Å². The quantitative estimate of drug-likeness (QED) is 0.655. The van der Waals surface area contributed by atoms with Gasteiger partial charge in [0.2, 0.25) is 5.91 Å². The summed E-state index contributed by atoms with van der Waals surface area (Å²) in [5, 5.41) is 0. The number of ether oxygens (including phenoxy) is 1. The number of hydrogen-bond donors (Lipinski definition) is 0. The zero-order valence-corrected chi connectivity index (χ0v) is 18.0. The number of nitrogens with zero attached hydrogens (tertiary/aromatic N) is 2. The van der Waals surface area contributed by atoms with Gasteiger partial charge in [-0.2, -0.15) is 0 Å². The molecule has 0 saturated carbocycles. The van der Waals surface area contributed by atoms with Crippen LogP contribution in [-0.4, -0.2) is 61.0 Å². The van der Waals surface area contributed by atoms with Crippen molar-refractivity contribution in [2.45, 2.75) is 51.9 Å². The van der Waals surface area contributed by atoms with Gasteiger partial charge in [-0.25, -0.2) is 0 Å². The summed E-state index contributed by atoms with van der Waals surface area (Å²) >= 11 is 0. The molecule has 2 aliphatic heterocycles. The molecule has 0 radical (unpaired) electrons. The topological polar surface area (TPSA) is 49.9 Å². The number of hydrogen-bond acceptors (Lipinski definition) is 4. The van der Waals surface area contributed by atoms with E-state index in [4.69, 9.17) is 4.74 Å². The number of piperidine rings is 2. The van der Waals surface area contributed by atoms with Crippen molar-refractivity contribution >= 4 is 11.9 Å². The van der Waals surface area contributed by atoms with Gasteiger partial charge in [0.05, 0.1) is 18.4 Å². The maximum Gasteiger partial charge on any atom is 0.310 e. The molecule has 2 aliphatic rings. The van der Waals surface area contributed by atoms with Gasteiger partial charge in [0.25, 0.3) is 0 Å². The van der Waals surface area contributed by atoms with E-state index in [0.29, 0.717) is 19.1 Å². The van der Waals surface area contributed by atoms with Crippen LogP contribution >= 0.6 is 0 Å². The number of carbonyl (C=O) groups is 2. The minimum Gasteiger partial charge on any atom is -0.466 e. The number of unbranched alkanes of at least 4 members (excludes halogenated alkanes) is 1. The third kappa shape index (κ3) is 5.81. The minimum absolute atomic E-state index is 0.00626. The highest BCUT2D eigenvalue weighted by Gasteiger charge is 2.37. The fraction of sp³-hybridized carbons (Fsp3) is 0.667. The van der Waals surface area contributed by atoms with Crippen molar-refractivity contribution in [3.8, 4) is 0 Å². The Morgan fingerprint density at radius 3 is 2.59 bits per heavy atom. The number of esters is 1. The molecule has 0 N–H and O–H groups in total. The van der Waals surface area contributed by atoms with Crippen LogP contribution in [0.15, 0.2) is 30.3 Å². The van der Waals surface area contributed by atoms with Crippen molar-refractivity contribution in [1.82, 2.24) is 9.80 Å². The van der Waals surface area contributed by atoms with Gasteiger partial charge >= 0.3 is 5.97 Å². The van der Waals surface area contributed by atoms with E-state index in [9.17, 15) is 9.59 Å². The second-order valence-electron chi connectivity index (χ2n) is 8.53. The molecule has 2 fully saturated rings. The molecule has 0 aliphatic carbocycles. The Balaban J connectivity index is 1.69. The molecule has 1 aromatic rings. The summed E-state index contributed by atoms with van der Waals surface area (Å²) < 4.78 is 5.21. The van der Waals surface area contributed by atoms with E-state index in [1.165, 1.54) is 12.0 Å². The number of benzene rings is 1. The van der Waals surface area contributed by atoms with Crippen LogP contribution < -0.4 is 0 Å². The molecule has 160 valence electrons. The van der Waals surface area contributed by atoms with E-state index in [-0.39, 0.29) is 23.7 Å². The lowest BCUT2D eigenvalue weighted by Crippen LogP contribution is -2.50. The summed E-state index contributed by atoms with van der Waals surface area (Å²) in [5.74, 6) is 0.298. The SMILES string of the molecule is CCCCN1CC(C(=O)N2CCCC(C(=O)OCC)C2)CC(c2ccccc2)C1. The van der Waals surface area contributed by atoms with Crippen molar-refractivity contribution in [2.75, 3.05) is 39.3 Å². The third-order valence-electron chi connectivity index (χ3n) is 6.33.